The van der Waals surface area contributed by atoms with Gasteiger partial charge in [-0.15, -0.1) is 0 Å². The quantitative estimate of drug-likeness (QED) is 0.861. The van der Waals surface area contributed by atoms with Crippen LogP contribution >= 0.6 is 11.6 Å². The summed E-state index contributed by atoms with van der Waals surface area (Å²) in [5.74, 6) is -0.187. The molecule has 2 aromatic rings. The number of halogens is 1. The summed E-state index contributed by atoms with van der Waals surface area (Å²) in [6.07, 6.45) is 0. The van der Waals surface area contributed by atoms with Crippen molar-refractivity contribution >= 4 is 33.2 Å². The van der Waals surface area contributed by atoms with E-state index in [-0.39, 0.29) is 16.8 Å². The van der Waals surface area contributed by atoms with Crippen molar-refractivity contribution in [1.82, 2.24) is 5.32 Å². The molecule has 5 nitrogen and oxygen atoms in total. The summed E-state index contributed by atoms with van der Waals surface area (Å²) in [5, 5.41) is 3.28. The first kappa shape index (κ1) is 19.3. The number of amides is 1. The van der Waals surface area contributed by atoms with Gasteiger partial charge in [-0.05, 0) is 68.8 Å². The highest BCUT2D eigenvalue weighted by atomic mass is 35.5. The summed E-state index contributed by atoms with van der Waals surface area (Å²) in [5.41, 5.74) is 1.69. The molecule has 0 radical (unpaired) electrons. The fourth-order valence-corrected chi connectivity index (χ4v) is 3.78. The second-order valence-electron chi connectivity index (χ2n) is 6.06. The normalized spacial score (nSPS) is 11.4. The van der Waals surface area contributed by atoms with E-state index in [1.54, 1.807) is 25.1 Å². The number of hydrogen-bond acceptors (Lipinski definition) is 3. The average molecular weight is 381 g/mol. The Labute approximate surface area is 153 Å². The molecule has 0 spiro atoms. The molecule has 2 aromatic carbocycles. The number of benzene rings is 2. The third-order valence-corrected chi connectivity index (χ3v) is 5.73. The Hall–Kier alpha value is -2.05. The molecule has 0 aromatic heterocycles. The fourth-order valence-electron chi connectivity index (χ4n) is 2.39. The Bertz CT molecular complexity index is 878. The maximum absolute atomic E-state index is 12.8. The zero-order valence-electron chi connectivity index (χ0n) is 14.6. The van der Waals surface area contributed by atoms with Crippen molar-refractivity contribution < 1.29 is 13.2 Å². The fraction of sp³-hybridized carbons (Fsp3) is 0.278. The summed E-state index contributed by atoms with van der Waals surface area (Å²) in [6, 6.07) is 11.0. The number of carbonyl (C=O) groups excluding carboxylic acids is 1. The second kappa shape index (κ2) is 7.45. The number of sulfonamides is 1. The molecule has 0 saturated heterocycles. The van der Waals surface area contributed by atoms with E-state index in [1.165, 1.54) is 35.6 Å². The lowest BCUT2D eigenvalue weighted by Gasteiger charge is -2.22. The molecule has 0 saturated carbocycles. The highest BCUT2D eigenvalue weighted by molar-refractivity contribution is 7.92. The molecule has 0 unspecified atom stereocenters. The van der Waals surface area contributed by atoms with Gasteiger partial charge in [0.05, 0.1) is 10.6 Å². The Kier molecular flexibility index (Phi) is 5.75. The van der Waals surface area contributed by atoms with Crippen molar-refractivity contribution in [3.8, 4) is 0 Å². The first-order valence-corrected chi connectivity index (χ1v) is 9.60. The number of aryl methyl sites for hydroxylation is 1. The van der Waals surface area contributed by atoms with E-state index >= 15 is 0 Å². The second-order valence-corrected chi connectivity index (χ2v) is 8.46. The Morgan fingerprint density at radius 2 is 1.72 bits per heavy atom. The summed E-state index contributed by atoms with van der Waals surface area (Å²) in [6.45, 7) is 5.53. The molecule has 0 aliphatic carbocycles. The van der Waals surface area contributed by atoms with E-state index in [4.69, 9.17) is 11.6 Å². The van der Waals surface area contributed by atoms with Crippen LogP contribution in [0.15, 0.2) is 47.4 Å². The SMILES string of the molecule is Cc1cc(C(=O)NC(C)C)ccc1N(C)S(=O)(=O)c1ccc(Cl)cc1. The van der Waals surface area contributed by atoms with Gasteiger partial charge in [-0.25, -0.2) is 8.42 Å². The molecule has 0 atom stereocenters. The maximum atomic E-state index is 12.8. The van der Waals surface area contributed by atoms with Crippen LogP contribution in [-0.4, -0.2) is 27.4 Å². The van der Waals surface area contributed by atoms with Crippen molar-refractivity contribution in [2.45, 2.75) is 31.7 Å². The van der Waals surface area contributed by atoms with Crippen LogP contribution in [0, 0.1) is 6.92 Å². The molecular formula is C18H21ClN2O3S. The molecule has 0 heterocycles. The number of carbonyl (C=O) groups is 1. The van der Waals surface area contributed by atoms with Crippen LogP contribution in [0.3, 0.4) is 0 Å². The van der Waals surface area contributed by atoms with Gasteiger partial charge in [-0.3, -0.25) is 9.10 Å². The zero-order chi connectivity index (χ0) is 18.8. The molecular weight excluding hydrogens is 360 g/mol. The van der Waals surface area contributed by atoms with Crippen molar-refractivity contribution in [3.63, 3.8) is 0 Å². The third-order valence-electron chi connectivity index (χ3n) is 3.69. The summed E-state index contributed by atoms with van der Waals surface area (Å²) in [4.78, 5) is 12.2. The van der Waals surface area contributed by atoms with E-state index in [2.05, 4.69) is 5.32 Å². The lowest BCUT2D eigenvalue weighted by atomic mass is 10.1. The van der Waals surface area contributed by atoms with Gasteiger partial charge in [-0.2, -0.15) is 0 Å². The number of nitrogens with one attached hydrogen (secondary N) is 1. The molecule has 1 N–H and O–H groups in total. The van der Waals surface area contributed by atoms with Gasteiger partial charge in [-0.1, -0.05) is 11.6 Å². The molecule has 0 aliphatic heterocycles. The van der Waals surface area contributed by atoms with E-state index in [0.717, 1.165) is 0 Å². The van der Waals surface area contributed by atoms with Crippen LogP contribution in [-0.2, 0) is 10.0 Å². The molecule has 134 valence electrons. The van der Waals surface area contributed by atoms with Crippen molar-refractivity contribution in [3.05, 3.63) is 58.6 Å². The summed E-state index contributed by atoms with van der Waals surface area (Å²) < 4.78 is 26.7. The van der Waals surface area contributed by atoms with E-state index in [1.807, 2.05) is 13.8 Å². The average Bonchev–Trinajstić information content (AvgIpc) is 2.53. The van der Waals surface area contributed by atoms with Crippen molar-refractivity contribution in [2.24, 2.45) is 0 Å². The Balaban J connectivity index is 2.34. The largest absolute Gasteiger partial charge is 0.350 e. The van der Waals surface area contributed by atoms with Gasteiger partial charge >= 0.3 is 0 Å². The maximum Gasteiger partial charge on any atom is 0.264 e. The molecule has 1 amide bonds. The molecule has 2 rings (SSSR count). The van der Waals surface area contributed by atoms with Gasteiger partial charge in [0.1, 0.15) is 0 Å². The minimum absolute atomic E-state index is 0.0282. The van der Waals surface area contributed by atoms with Crippen molar-refractivity contribution in [2.75, 3.05) is 11.4 Å². The first-order valence-electron chi connectivity index (χ1n) is 7.79. The predicted octanol–water partition coefficient (Wildman–Crippen LogP) is 3.61. The van der Waals surface area contributed by atoms with Gasteiger partial charge < -0.3 is 5.32 Å². The minimum atomic E-state index is -3.71. The summed E-state index contributed by atoms with van der Waals surface area (Å²) >= 11 is 5.82. The van der Waals surface area contributed by atoms with Gasteiger partial charge in [0, 0.05) is 23.7 Å². The number of anilines is 1. The van der Waals surface area contributed by atoms with Gasteiger partial charge in [0.25, 0.3) is 15.9 Å². The van der Waals surface area contributed by atoms with Crippen LogP contribution in [0.2, 0.25) is 5.02 Å². The Morgan fingerprint density at radius 3 is 2.24 bits per heavy atom. The van der Waals surface area contributed by atoms with Gasteiger partial charge in [0.15, 0.2) is 0 Å². The van der Waals surface area contributed by atoms with Crippen molar-refractivity contribution in [1.29, 1.82) is 0 Å². The molecule has 0 bridgehead atoms. The number of rotatable bonds is 5. The van der Waals surface area contributed by atoms with Crippen LogP contribution in [0.25, 0.3) is 0 Å². The lowest BCUT2D eigenvalue weighted by molar-refractivity contribution is 0.0943. The number of hydrogen-bond donors (Lipinski definition) is 1. The lowest BCUT2D eigenvalue weighted by Crippen LogP contribution is -2.30. The highest BCUT2D eigenvalue weighted by Gasteiger charge is 2.23. The first-order chi connectivity index (χ1) is 11.6. The standard InChI is InChI=1S/C18H21ClN2O3S/c1-12(2)20-18(22)14-5-10-17(13(3)11-14)21(4)25(23,24)16-8-6-15(19)7-9-16/h5-12H,1-4H3,(H,20,22). The minimum Gasteiger partial charge on any atom is -0.350 e. The Morgan fingerprint density at radius 1 is 1.12 bits per heavy atom. The monoisotopic (exact) mass is 380 g/mol. The third kappa shape index (κ3) is 4.32. The van der Waals surface area contributed by atoms with Crippen LogP contribution < -0.4 is 9.62 Å². The highest BCUT2D eigenvalue weighted by Crippen LogP contribution is 2.26. The number of nitrogens with zero attached hydrogens (tertiary/aromatic N) is 1. The van der Waals surface area contributed by atoms with Crippen LogP contribution in [0.5, 0.6) is 0 Å². The molecule has 0 fully saturated rings. The zero-order valence-corrected chi connectivity index (χ0v) is 16.1. The smallest absolute Gasteiger partial charge is 0.264 e. The van der Waals surface area contributed by atoms with E-state index < -0.39 is 10.0 Å². The van der Waals surface area contributed by atoms with Crippen LogP contribution in [0.4, 0.5) is 5.69 Å². The molecule has 0 aliphatic rings. The van der Waals surface area contributed by atoms with Gasteiger partial charge in [0.2, 0.25) is 0 Å². The van der Waals surface area contributed by atoms with Crippen LogP contribution in [0.1, 0.15) is 29.8 Å². The predicted molar refractivity (Wildman–Crippen MR) is 101 cm³/mol. The summed E-state index contributed by atoms with van der Waals surface area (Å²) in [7, 11) is -2.22. The molecule has 25 heavy (non-hydrogen) atoms. The molecule has 7 heteroatoms. The van der Waals surface area contributed by atoms with E-state index in [9.17, 15) is 13.2 Å². The topological polar surface area (TPSA) is 66.5 Å². The van der Waals surface area contributed by atoms with E-state index in [0.29, 0.717) is 21.8 Å².